The third kappa shape index (κ3) is 4.15. The van der Waals surface area contributed by atoms with E-state index in [1.54, 1.807) is 0 Å². The van der Waals surface area contributed by atoms with Crippen LogP contribution < -0.4 is 0 Å². The summed E-state index contributed by atoms with van der Waals surface area (Å²) < 4.78 is 0. The number of fused-ring (bicyclic) bond motifs is 2. The van der Waals surface area contributed by atoms with Gasteiger partial charge in [-0.2, -0.15) is 0 Å². The van der Waals surface area contributed by atoms with Crippen molar-refractivity contribution in [1.29, 1.82) is 0 Å². The molecule has 102 valence electrons. The lowest BCUT2D eigenvalue weighted by Crippen LogP contribution is -2.06. The van der Waals surface area contributed by atoms with Crippen LogP contribution in [-0.2, 0) is 4.79 Å². The van der Waals surface area contributed by atoms with Gasteiger partial charge in [0.15, 0.2) is 0 Å². The van der Waals surface area contributed by atoms with Crippen LogP contribution in [0, 0.1) is 17.8 Å². The minimum Gasteiger partial charge on any atom is -0.481 e. The van der Waals surface area contributed by atoms with Gasteiger partial charge in [-0.3, -0.25) is 4.79 Å². The molecule has 0 saturated heterocycles. The molecule has 3 atom stereocenters. The fourth-order valence-electron chi connectivity index (χ4n) is 3.62. The van der Waals surface area contributed by atoms with E-state index >= 15 is 0 Å². The molecule has 2 heteroatoms. The molecule has 0 heterocycles. The molecule has 1 saturated carbocycles. The number of carboxylic acid groups (broad SMARTS) is 1. The van der Waals surface area contributed by atoms with Gasteiger partial charge in [0, 0.05) is 6.42 Å². The molecule has 2 aliphatic carbocycles. The zero-order chi connectivity index (χ0) is 12.8. The zero-order valence-electron chi connectivity index (χ0n) is 11.3. The maximum Gasteiger partial charge on any atom is 0.303 e. The third-order valence-electron chi connectivity index (χ3n) is 4.63. The monoisotopic (exact) mass is 250 g/mol. The molecule has 0 radical (unpaired) electrons. The van der Waals surface area contributed by atoms with Crippen LogP contribution in [0.3, 0.4) is 0 Å². The SMILES string of the molecule is O=C(O)CCCCCCCCC1CC2C=CC1C2. The standard InChI is InChI=1S/C16H26O2/c17-16(18)8-6-4-2-1-3-5-7-14-11-13-9-10-15(14)12-13/h9-10,13-15H,1-8,11-12H2,(H,17,18). The molecule has 1 N–H and O–H groups in total. The van der Waals surface area contributed by atoms with Gasteiger partial charge in [-0.05, 0) is 43.4 Å². The van der Waals surface area contributed by atoms with Crippen LogP contribution in [0.5, 0.6) is 0 Å². The number of aliphatic carboxylic acids is 1. The van der Waals surface area contributed by atoms with Crippen molar-refractivity contribution in [3.63, 3.8) is 0 Å². The minimum absolute atomic E-state index is 0.345. The van der Waals surface area contributed by atoms with Crippen LogP contribution in [0.15, 0.2) is 12.2 Å². The van der Waals surface area contributed by atoms with E-state index in [-0.39, 0.29) is 0 Å². The highest BCUT2D eigenvalue weighted by Crippen LogP contribution is 2.45. The van der Waals surface area contributed by atoms with Crippen molar-refractivity contribution in [3.8, 4) is 0 Å². The summed E-state index contributed by atoms with van der Waals surface area (Å²) in [4.78, 5) is 10.3. The highest BCUT2D eigenvalue weighted by Gasteiger charge is 2.34. The topological polar surface area (TPSA) is 37.3 Å². The van der Waals surface area contributed by atoms with Crippen LogP contribution in [0.1, 0.15) is 64.2 Å². The lowest BCUT2D eigenvalue weighted by Gasteiger charge is -2.17. The Hall–Kier alpha value is -0.790. The zero-order valence-corrected chi connectivity index (χ0v) is 11.3. The average molecular weight is 250 g/mol. The van der Waals surface area contributed by atoms with Crippen LogP contribution in [0.25, 0.3) is 0 Å². The normalized spacial score (nSPS) is 29.0. The molecule has 2 aliphatic rings. The first-order valence-corrected chi connectivity index (χ1v) is 7.66. The van der Waals surface area contributed by atoms with Gasteiger partial charge in [0.1, 0.15) is 0 Å². The first-order chi connectivity index (χ1) is 8.75. The fraction of sp³-hybridized carbons (Fsp3) is 0.812. The highest BCUT2D eigenvalue weighted by molar-refractivity contribution is 5.66. The molecule has 0 amide bonds. The third-order valence-corrected chi connectivity index (χ3v) is 4.63. The molecular formula is C16H26O2. The Balaban J connectivity index is 1.40. The summed E-state index contributed by atoms with van der Waals surface area (Å²) in [7, 11) is 0. The quantitative estimate of drug-likeness (QED) is 0.486. The second-order valence-corrected chi connectivity index (χ2v) is 6.09. The van der Waals surface area contributed by atoms with Gasteiger partial charge in [0.25, 0.3) is 0 Å². The smallest absolute Gasteiger partial charge is 0.303 e. The summed E-state index contributed by atoms with van der Waals surface area (Å²) in [6, 6.07) is 0. The second-order valence-electron chi connectivity index (χ2n) is 6.09. The van der Waals surface area contributed by atoms with E-state index in [0.29, 0.717) is 6.42 Å². The number of hydrogen-bond acceptors (Lipinski definition) is 1. The number of hydrogen-bond donors (Lipinski definition) is 1. The maximum atomic E-state index is 10.3. The predicted octanol–water partition coefficient (Wildman–Crippen LogP) is 4.40. The van der Waals surface area contributed by atoms with Crippen LogP contribution in [0.4, 0.5) is 0 Å². The van der Waals surface area contributed by atoms with Gasteiger partial charge in [-0.15, -0.1) is 0 Å². The van der Waals surface area contributed by atoms with E-state index in [1.165, 1.54) is 44.9 Å². The molecule has 0 aromatic carbocycles. The summed E-state index contributed by atoms with van der Waals surface area (Å²) in [6.45, 7) is 0. The molecule has 3 unspecified atom stereocenters. The van der Waals surface area contributed by atoms with Gasteiger partial charge in [-0.25, -0.2) is 0 Å². The first kappa shape index (κ1) is 13.6. The highest BCUT2D eigenvalue weighted by atomic mass is 16.4. The Labute approximate surface area is 110 Å². The Kier molecular flexibility index (Phi) is 5.27. The van der Waals surface area contributed by atoms with Crippen molar-refractivity contribution in [2.24, 2.45) is 17.8 Å². The molecule has 2 nitrogen and oxygen atoms in total. The first-order valence-electron chi connectivity index (χ1n) is 7.66. The molecule has 1 fully saturated rings. The molecule has 0 aliphatic heterocycles. The number of unbranched alkanes of at least 4 members (excludes halogenated alkanes) is 5. The Morgan fingerprint density at radius 1 is 1.00 bits per heavy atom. The van der Waals surface area contributed by atoms with Gasteiger partial charge >= 0.3 is 5.97 Å². The van der Waals surface area contributed by atoms with Gasteiger partial charge in [0.2, 0.25) is 0 Å². The summed E-state index contributed by atoms with van der Waals surface area (Å²) >= 11 is 0. The van der Waals surface area contributed by atoms with E-state index in [1.807, 2.05) is 0 Å². The van der Waals surface area contributed by atoms with Crippen molar-refractivity contribution in [1.82, 2.24) is 0 Å². The lowest BCUT2D eigenvalue weighted by molar-refractivity contribution is -0.137. The summed E-state index contributed by atoms with van der Waals surface area (Å²) in [6.07, 6.45) is 16.7. The van der Waals surface area contributed by atoms with Crippen LogP contribution >= 0.6 is 0 Å². The van der Waals surface area contributed by atoms with Crippen molar-refractivity contribution in [2.45, 2.75) is 64.2 Å². The lowest BCUT2D eigenvalue weighted by atomic mass is 9.88. The molecule has 18 heavy (non-hydrogen) atoms. The summed E-state index contributed by atoms with van der Waals surface area (Å²) in [5.74, 6) is 2.15. The van der Waals surface area contributed by atoms with Crippen LogP contribution in [0.2, 0.25) is 0 Å². The van der Waals surface area contributed by atoms with E-state index in [9.17, 15) is 4.79 Å². The van der Waals surface area contributed by atoms with E-state index in [4.69, 9.17) is 5.11 Å². The predicted molar refractivity (Wildman–Crippen MR) is 73.4 cm³/mol. The number of carboxylic acids is 1. The number of rotatable bonds is 9. The van der Waals surface area contributed by atoms with E-state index in [2.05, 4.69) is 12.2 Å². The van der Waals surface area contributed by atoms with Crippen molar-refractivity contribution >= 4 is 5.97 Å². The molecule has 0 aromatic rings. The Morgan fingerprint density at radius 3 is 2.33 bits per heavy atom. The van der Waals surface area contributed by atoms with Crippen molar-refractivity contribution in [3.05, 3.63) is 12.2 Å². The van der Waals surface area contributed by atoms with E-state index < -0.39 is 5.97 Å². The Morgan fingerprint density at radius 2 is 1.72 bits per heavy atom. The average Bonchev–Trinajstić information content (AvgIpc) is 2.94. The molecule has 0 aromatic heterocycles. The minimum atomic E-state index is -0.653. The largest absolute Gasteiger partial charge is 0.481 e. The summed E-state index contributed by atoms with van der Waals surface area (Å²) in [5.41, 5.74) is 0. The van der Waals surface area contributed by atoms with Crippen molar-refractivity contribution in [2.75, 3.05) is 0 Å². The maximum absolute atomic E-state index is 10.3. The fourth-order valence-corrected chi connectivity index (χ4v) is 3.62. The van der Waals surface area contributed by atoms with Gasteiger partial charge in [-0.1, -0.05) is 44.3 Å². The molecule has 2 rings (SSSR count). The number of allylic oxidation sites excluding steroid dienone is 2. The molecular weight excluding hydrogens is 224 g/mol. The van der Waals surface area contributed by atoms with Gasteiger partial charge < -0.3 is 5.11 Å². The molecule has 0 spiro atoms. The number of carbonyl (C=O) groups is 1. The van der Waals surface area contributed by atoms with Crippen molar-refractivity contribution < 1.29 is 9.90 Å². The summed E-state index contributed by atoms with van der Waals surface area (Å²) in [5, 5.41) is 8.52. The van der Waals surface area contributed by atoms with E-state index in [0.717, 1.165) is 30.6 Å². The Bertz CT molecular complexity index is 295. The van der Waals surface area contributed by atoms with Gasteiger partial charge in [0.05, 0.1) is 0 Å². The molecule has 2 bridgehead atoms. The van der Waals surface area contributed by atoms with Crippen LogP contribution in [-0.4, -0.2) is 11.1 Å². The second kappa shape index (κ2) is 6.96.